The fraction of sp³-hybridized carbons (Fsp3) is 0.647. The maximum absolute atomic E-state index is 6.20. The summed E-state index contributed by atoms with van der Waals surface area (Å²) in [5.41, 5.74) is 1.92. The molecule has 2 rings (SSSR count). The standard InChI is InChI=1S/C17H25Cl2N/c1-6-9-20-14(15-16(2,3)17(15,4)5)11-7-8-12(18)13(19)10-11/h7-8,10,14-15,20H,6,9H2,1-5H3. The predicted molar refractivity (Wildman–Crippen MR) is 88.5 cm³/mol. The van der Waals surface area contributed by atoms with Crippen LogP contribution >= 0.6 is 23.2 Å². The smallest absolute Gasteiger partial charge is 0.0595 e. The lowest BCUT2D eigenvalue weighted by atomic mass is 9.96. The topological polar surface area (TPSA) is 12.0 Å². The number of hydrogen-bond acceptors (Lipinski definition) is 1. The molecule has 20 heavy (non-hydrogen) atoms. The Morgan fingerprint density at radius 2 is 1.70 bits per heavy atom. The van der Waals surface area contributed by atoms with Gasteiger partial charge in [0.15, 0.2) is 0 Å². The Labute approximate surface area is 133 Å². The first-order valence-electron chi connectivity index (χ1n) is 7.41. The minimum atomic E-state index is 0.338. The molecule has 0 bridgehead atoms. The summed E-state index contributed by atoms with van der Waals surface area (Å²) in [5, 5.41) is 4.97. The van der Waals surface area contributed by atoms with Gasteiger partial charge in [0.2, 0.25) is 0 Å². The van der Waals surface area contributed by atoms with Crippen LogP contribution in [0.3, 0.4) is 0 Å². The summed E-state index contributed by atoms with van der Waals surface area (Å²) in [4.78, 5) is 0. The van der Waals surface area contributed by atoms with Crippen molar-refractivity contribution in [1.82, 2.24) is 5.32 Å². The molecule has 0 aromatic heterocycles. The van der Waals surface area contributed by atoms with Crippen molar-refractivity contribution in [2.75, 3.05) is 6.54 Å². The van der Waals surface area contributed by atoms with Gasteiger partial charge in [-0.2, -0.15) is 0 Å². The highest BCUT2D eigenvalue weighted by atomic mass is 35.5. The fourth-order valence-electron chi connectivity index (χ4n) is 3.51. The van der Waals surface area contributed by atoms with E-state index in [0.29, 0.717) is 32.8 Å². The first kappa shape index (κ1) is 16.1. The van der Waals surface area contributed by atoms with E-state index in [4.69, 9.17) is 23.2 Å². The molecule has 1 aliphatic carbocycles. The molecule has 0 saturated heterocycles. The van der Waals surface area contributed by atoms with Crippen LogP contribution in [-0.4, -0.2) is 6.54 Å². The van der Waals surface area contributed by atoms with Gasteiger partial charge >= 0.3 is 0 Å². The Bertz CT molecular complexity index is 480. The van der Waals surface area contributed by atoms with Gasteiger partial charge < -0.3 is 5.32 Å². The molecule has 1 N–H and O–H groups in total. The number of rotatable bonds is 5. The summed E-state index contributed by atoms with van der Waals surface area (Å²) >= 11 is 12.2. The van der Waals surface area contributed by atoms with Crippen molar-refractivity contribution in [3.63, 3.8) is 0 Å². The quantitative estimate of drug-likeness (QED) is 0.733. The zero-order valence-electron chi connectivity index (χ0n) is 13.1. The zero-order chi connectivity index (χ0) is 15.1. The highest BCUT2D eigenvalue weighted by molar-refractivity contribution is 6.42. The van der Waals surface area contributed by atoms with Gasteiger partial charge in [-0.3, -0.25) is 0 Å². The Hall–Kier alpha value is -0.240. The van der Waals surface area contributed by atoms with Gasteiger partial charge in [0, 0.05) is 6.04 Å². The average molecular weight is 314 g/mol. The van der Waals surface area contributed by atoms with Crippen molar-refractivity contribution in [3.05, 3.63) is 33.8 Å². The molecule has 0 aliphatic heterocycles. The van der Waals surface area contributed by atoms with Crippen LogP contribution in [0.2, 0.25) is 10.0 Å². The first-order valence-corrected chi connectivity index (χ1v) is 8.17. The van der Waals surface area contributed by atoms with Crippen LogP contribution in [0.25, 0.3) is 0 Å². The summed E-state index contributed by atoms with van der Waals surface area (Å²) in [7, 11) is 0. The Kier molecular flexibility index (Phi) is 4.45. The maximum atomic E-state index is 6.20. The SMILES string of the molecule is CCCNC(c1ccc(Cl)c(Cl)c1)C1C(C)(C)C1(C)C. The summed E-state index contributed by atoms with van der Waals surface area (Å²) in [5.74, 6) is 0.610. The van der Waals surface area contributed by atoms with Gasteiger partial charge in [0.25, 0.3) is 0 Å². The highest BCUT2D eigenvalue weighted by Gasteiger charge is 2.67. The Balaban J connectivity index is 2.31. The number of nitrogens with one attached hydrogen (secondary N) is 1. The van der Waals surface area contributed by atoms with Crippen molar-refractivity contribution < 1.29 is 0 Å². The molecule has 1 saturated carbocycles. The number of benzene rings is 1. The lowest BCUT2D eigenvalue weighted by Crippen LogP contribution is -2.26. The van der Waals surface area contributed by atoms with Crippen molar-refractivity contribution in [3.8, 4) is 0 Å². The molecule has 1 unspecified atom stereocenters. The second-order valence-corrected chi connectivity index (χ2v) is 7.84. The van der Waals surface area contributed by atoms with E-state index in [2.05, 4.69) is 46.0 Å². The fourth-order valence-corrected chi connectivity index (χ4v) is 3.82. The van der Waals surface area contributed by atoms with Crippen LogP contribution in [0, 0.1) is 16.7 Å². The highest BCUT2D eigenvalue weighted by Crippen LogP contribution is 2.72. The summed E-state index contributed by atoms with van der Waals surface area (Å²) in [6.45, 7) is 12.6. The van der Waals surface area contributed by atoms with Crippen LogP contribution in [0.1, 0.15) is 52.6 Å². The van der Waals surface area contributed by atoms with E-state index in [1.807, 2.05) is 12.1 Å². The Morgan fingerprint density at radius 3 is 2.15 bits per heavy atom. The van der Waals surface area contributed by atoms with Crippen molar-refractivity contribution in [2.24, 2.45) is 16.7 Å². The van der Waals surface area contributed by atoms with Gasteiger partial charge in [-0.1, -0.05) is 63.9 Å². The predicted octanol–water partition coefficient (Wildman–Crippen LogP) is 5.72. The summed E-state index contributed by atoms with van der Waals surface area (Å²) < 4.78 is 0. The second kappa shape index (κ2) is 5.51. The molecule has 0 amide bonds. The van der Waals surface area contributed by atoms with Gasteiger partial charge in [-0.25, -0.2) is 0 Å². The van der Waals surface area contributed by atoms with E-state index < -0.39 is 0 Å². The van der Waals surface area contributed by atoms with Crippen molar-refractivity contribution >= 4 is 23.2 Å². The van der Waals surface area contributed by atoms with Gasteiger partial charge in [0.05, 0.1) is 10.0 Å². The molecule has 1 aromatic rings. The minimum Gasteiger partial charge on any atom is -0.310 e. The molecule has 3 heteroatoms. The summed E-state index contributed by atoms with van der Waals surface area (Å²) in [6.07, 6.45) is 1.13. The molecule has 1 atom stereocenters. The molecular weight excluding hydrogens is 289 g/mol. The monoisotopic (exact) mass is 313 g/mol. The maximum Gasteiger partial charge on any atom is 0.0595 e. The number of hydrogen-bond donors (Lipinski definition) is 1. The lowest BCUT2D eigenvalue weighted by molar-refractivity contribution is 0.410. The van der Waals surface area contributed by atoms with Crippen LogP contribution in [0.15, 0.2) is 18.2 Å². The van der Waals surface area contributed by atoms with Crippen LogP contribution in [0.5, 0.6) is 0 Å². The van der Waals surface area contributed by atoms with Gasteiger partial charge in [0.1, 0.15) is 0 Å². The van der Waals surface area contributed by atoms with E-state index in [9.17, 15) is 0 Å². The van der Waals surface area contributed by atoms with Crippen LogP contribution in [0.4, 0.5) is 0 Å². The summed E-state index contributed by atoms with van der Waals surface area (Å²) in [6, 6.07) is 6.37. The molecule has 1 aliphatic rings. The molecular formula is C17H25Cl2N. The van der Waals surface area contributed by atoms with E-state index in [1.54, 1.807) is 0 Å². The molecule has 0 spiro atoms. The minimum absolute atomic E-state index is 0.338. The average Bonchev–Trinajstić information content (AvgIpc) is 2.76. The van der Waals surface area contributed by atoms with E-state index >= 15 is 0 Å². The van der Waals surface area contributed by atoms with Gasteiger partial charge in [-0.15, -0.1) is 0 Å². The molecule has 1 nitrogen and oxygen atoms in total. The van der Waals surface area contributed by atoms with Crippen LogP contribution in [-0.2, 0) is 0 Å². The molecule has 0 heterocycles. The van der Waals surface area contributed by atoms with E-state index in [1.165, 1.54) is 5.56 Å². The van der Waals surface area contributed by atoms with E-state index in [-0.39, 0.29) is 0 Å². The van der Waals surface area contributed by atoms with Crippen molar-refractivity contribution in [1.29, 1.82) is 0 Å². The zero-order valence-corrected chi connectivity index (χ0v) is 14.6. The molecule has 112 valence electrons. The lowest BCUT2D eigenvalue weighted by Gasteiger charge is -2.22. The Morgan fingerprint density at radius 1 is 1.10 bits per heavy atom. The molecule has 1 aromatic carbocycles. The first-order chi connectivity index (χ1) is 9.23. The largest absolute Gasteiger partial charge is 0.310 e. The van der Waals surface area contributed by atoms with Crippen molar-refractivity contribution in [2.45, 2.75) is 47.1 Å². The number of halogens is 2. The van der Waals surface area contributed by atoms with Crippen LogP contribution < -0.4 is 5.32 Å². The van der Waals surface area contributed by atoms with Gasteiger partial charge in [-0.05, 0) is 47.4 Å². The van der Waals surface area contributed by atoms with E-state index in [0.717, 1.165) is 13.0 Å². The third-order valence-corrected chi connectivity index (χ3v) is 6.12. The normalized spacial score (nSPS) is 21.8. The molecule has 1 fully saturated rings. The third-order valence-electron chi connectivity index (χ3n) is 5.38. The second-order valence-electron chi connectivity index (χ2n) is 7.03. The molecule has 0 radical (unpaired) electrons. The third kappa shape index (κ3) is 2.61.